The Labute approximate surface area is 145 Å². The van der Waals surface area contributed by atoms with Crippen LogP contribution in [0.25, 0.3) is 11.2 Å². The molecule has 136 valence electrons. The van der Waals surface area contributed by atoms with E-state index in [9.17, 15) is 24.9 Å². The summed E-state index contributed by atoms with van der Waals surface area (Å²) in [5.41, 5.74) is -0.588. The molecule has 1 aliphatic heterocycles. The summed E-state index contributed by atoms with van der Waals surface area (Å²) in [7, 11) is 0. The van der Waals surface area contributed by atoms with Gasteiger partial charge >= 0.3 is 0 Å². The van der Waals surface area contributed by atoms with Crippen LogP contribution in [-0.4, -0.2) is 70.3 Å². The van der Waals surface area contributed by atoms with E-state index < -0.39 is 28.4 Å². The number of H-pyrrole nitrogens is 1. The molecule has 3 rings (SSSR count). The van der Waals surface area contributed by atoms with Gasteiger partial charge in [-0.2, -0.15) is 4.98 Å². The van der Waals surface area contributed by atoms with Crippen molar-refractivity contribution in [3.63, 3.8) is 0 Å². The average Bonchev–Trinajstić information content (AvgIpc) is 3.10. The Morgan fingerprint density at radius 1 is 1.40 bits per heavy atom. The number of nitrogens with zero attached hydrogens (tertiary/aromatic N) is 4. The van der Waals surface area contributed by atoms with Crippen LogP contribution in [0.5, 0.6) is 0 Å². The molecule has 3 heterocycles. The van der Waals surface area contributed by atoms with Crippen LogP contribution >= 0.6 is 11.8 Å². The van der Waals surface area contributed by atoms with Gasteiger partial charge in [0.15, 0.2) is 11.2 Å². The molecular weight excluding hydrogens is 352 g/mol. The number of anilines is 1. The van der Waals surface area contributed by atoms with Crippen molar-refractivity contribution in [1.82, 2.24) is 25.0 Å². The van der Waals surface area contributed by atoms with Gasteiger partial charge in [0.1, 0.15) is 11.5 Å². The summed E-state index contributed by atoms with van der Waals surface area (Å²) in [6, 6.07) is 0. The first kappa shape index (κ1) is 17.8. The molecule has 4 atom stereocenters. The number of rotatable bonds is 4. The highest BCUT2D eigenvalue weighted by molar-refractivity contribution is 8.00. The molecule has 0 spiro atoms. The number of aromatic amines is 1. The Hall–Kier alpha value is -2.02. The number of hydrogen-bond acceptors (Lipinski definition) is 9. The highest BCUT2D eigenvalue weighted by Gasteiger charge is 2.44. The van der Waals surface area contributed by atoms with Crippen LogP contribution in [-0.2, 0) is 4.79 Å². The van der Waals surface area contributed by atoms with Crippen LogP contribution in [0.1, 0.15) is 19.2 Å². The van der Waals surface area contributed by atoms with Crippen LogP contribution in [0.15, 0.2) is 4.79 Å². The van der Waals surface area contributed by atoms with Crippen LogP contribution in [0, 0.1) is 5.92 Å². The van der Waals surface area contributed by atoms with Crippen molar-refractivity contribution >= 4 is 34.8 Å². The molecule has 25 heavy (non-hydrogen) atoms. The largest absolute Gasteiger partial charge is 0.395 e. The summed E-state index contributed by atoms with van der Waals surface area (Å²) in [5, 5.41) is 38.1. The number of aliphatic hydroxyl groups is 3. The summed E-state index contributed by atoms with van der Waals surface area (Å²) in [4.78, 5) is 30.5. The molecule has 1 aliphatic rings. The third-order valence-electron chi connectivity index (χ3n) is 3.86. The molecule has 0 unspecified atom stereocenters. The fraction of sp³-hybridized carbons (Fsp3) is 0.615. The van der Waals surface area contributed by atoms with E-state index in [-0.39, 0.29) is 35.5 Å². The van der Waals surface area contributed by atoms with E-state index in [0.717, 1.165) is 11.8 Å². The molecule has 1 saturated heterocycles. The zero-order valence-electron chi connectivity index (χ0n) is 13.4. The second-order valence-corrected chi connectivity index (χ2v) is 7.35. The second kappa shape index (κ2) is 6.71. The summed E-state index contributed by atoms with van der Waals surface area (Å²) < 4.78 is 1.21. The first-order chi connectivity index (χ1) is 11.8. The van der Waals surface area contributed by atoms with Crippen molar-refractivity contribution in [1.29, 1.82) is 0 Å². The van der Waals surface area contributed by atoms with E-state index in [1.807, 2.05) is 0 Å². The zero-order valence-corrected chi connectivity index (χ0v) is 14.3. The Bertz CT molecular complexity index is 851. The number of carbonyl (C=O) groups excluding carboxylic acids is 1. The van der Waals surface area contributed by atoms with Gasteiger partial charge in [-0.3, -0.25) is 19.9 Å². The minimum absolute atomic E-state index is 0.0581. The van der Waals surface area contributed by atoms with Crippen LogP contribution in [0.4, 0.5) is 5.95 Å². The lowest BCUT2D eigenvalue weighted by atomic mass is 10.1. The van der Waals surface area contributed by atoms with Gasteiger partial charge in [0, 0.05) is 5.92 Å². The monoisotopic (exact) mass is 370 g/mol. The molecule has 12 heteroatoms. The van der Waals surface area contributed by atoms with Crippen molar-refractivity contribution in [3.05, 3.63) is 10.4 Å². The Morgan fingerprint density at radius 2 is 2.12 bits per heavy atom. The highest BCUT2D eigenvalue weighted by Crippen LogP contribution is 2.42. The van der Waals surface area contributed by atoms with Crippen molar-refractivity contribution in [2.24, 2.45) is 5.92 Å². The third-order valence-corrected chi connectivity index (χ3v) is 5.39. The van der Waals surface area contributed by atoms with Gasteiger partial charge in [-0.15, -0.1) is 16.9 Å². The summed E-state index contributed by atoms with van der Waals surface area (Å²) in [5.74, 6) is -0.694. The number of aromatic nitrogens is 5. The van der Waals surface area contributed by atoms with E-state index >= 15 is 0 Å². The molecular formula is C13H18N6O5S. The van der Waals surface area contributed by atoms with Crippen molar-refractivity contribution in [3.8, 4) is 0 Å². The predicted molar refractivity (Wildman–Crippen MR) is 88.9 cm³/mol. The van der Waals surface area contributed by atoms with Crippen molar-refractivity contribution < 1.29 is 20.1 Å². The van der Waals surface area contributed by atoms with E-state index in [2.05, 4.69) is 25.6 Å². The summed E-state index contributed by atoms with van der Waals surface area (Å²) in [6.45, 7) is 3.06. The maximum atomic E-state index is 12.1. The standard InChI is InChI=1S/C13H18N6O5S/c1-4(2)10(23)15-13-14-9-6(11(24)16-13)17-18-19(9)12-8(22)7(21)5(3-20)25-12/h4-5,7-8,12,20-22H,3H2,1-2H3,(H2,14,15,16,23,24)/t5-,7-,8-,12-/m1/s1. The van der Waals surface area contributed by atoms with Gasteiger partial charge in [-0.1, -0.05) is 19.1 Å². The molecule has 0 aromatic carbocycles. The quantitative estimate of drug-likeness (QED) is 0.427. The number of thioether (sulfide) groups is 1. The molecule has 11 nitrogen and oxygen atoms in total. The molecule has 0 saturated carbocycles. The second-order valence-electron chi connectivity index (χ2n) is 5.99. The summed E-state index contributed by atoms with van der Waals surface area (Å²) in [6.07, 6.45) is -2.37. The smallest absolute Gasteiger partial charge is 0.282 e. The van der Waals surface area contributed by atoms with Gasteiger partial charge < -0.3 is 15.3 Å². The minimum atomic E-state index is -1.22. The minimum Gasteiger partial charge on any atom is -0.395 e. The number of fused-ring (bicyclic) bond motifs is 1. The molecule has 0 aliphatic carbocycles. The number of nitrogens with one attached hydrogen (secondary N) is 2. The fourth-order valence-electron chi connectivity index (χ4n) is 2.41. The van der Waals surface area contributed by atoms with E-state index in [0.29, 0.717) is 0 Å². The van der Waals surface area contributed by atoms with Gasteiger partial charge in [0.2, 0.25) is 11.9 Å². The first-order valence-corrected chi connectivity index (χ1v) is 8.56. The summed E-state index contributed by atoms with van der Waals surface area (Å²) >= 11 is 1.10. The molecule has 5 N–H and O–H groups in total. The van der Waals surface area contributed by atoms with Crippen molar-refractivity contribution in [2.45, 2.75) is 36.7 Å². The molecule has 2 aromatic rings. The maximum absolute atomic E-state index is 12.1. The SMILES string of the molecule is CC(C)C(=O)Nc1nc2c(nnn2[C@@H]2S[C@H](CO)[C@@H](O)[C@H]2O)c(=O)[nH]1. The Balaban J connectivity index is 2.01. The van der Waals surface area contributed by atoms with Crippen molar-refractivity contribution in [2.75, 3.05) is 11.9 Å². The first-order valence-electron chi connectivity index (χ1n) is 7.62. The van der Waals surface area contributed by atoms with Gasteiger partial charge in [-0.25, -0.2) is 4.68 Å². The van der Waals surface area contributed by atoms with Crippen LogP contribution < -0.4 is 10.9 Å². The van der Waals surface area contributed by atoms with E-state index in [1.165, 1.54) is 4.68 Å². The number of carbonyl (C=O) groups is 1. The van der Waals surface area contributed by atoms with Crippen LogP contribution in [0.3, 0.4) is 0 Å². The normalized spacial score (nSPS) is 26.5. The third kappa shape index (κ3) is 3.13. The average molecular weight is 370 g/mol. The lowest BCUT2D eigenvalue weighted by molar-refractivity contribution is -0.118. The molecule has 0 radical (unpaired) electrons. The maximum Gasteiger partial charge on any atom is 0.282 e. The lowest BCUT2D eigenvalue weighted by Crippen LogP contribution is -2.33. The number of aliphatic hydroxyl groups excluding tert-OH is 3. The fourth-order valence-corrected chi connectivity index (χ4v) is 3.76. The van der Waals surface area contributed by atoms with E-state index in [4.69, 9.17) is 0 Å². The van der Waals surface area contributed by atoms with Gasteiger partial charge in [0.05, 0.1) is 18.0 Å². The number of amides is 1. The Kier molecular flexibility index (Phi) is 4.77. The topological polar surface area (TPSA) is 166 Å². The van der Waals surface area contributed by atoms with Gasteiger partial charge in [0.25, 0.3) is 5.56 Å². The molecule has 1 amide bonds. The molecule has 2 aromatic heterocycles. The molecule has 0 bridgehead atoms. The zero-order chi connectivity index (χ0) is 18.3. The Morgan fingerprint density at radius 3 is 2.72 bits per heavy atom. The van der Waals surface area contributed by atoms with Gasteiger partial charge in [-0.05, 0) is 0 Å². The lowest BCUT2D eigenvalue weighted by Gasteiger charge is -2.15. The van der Waals surface area contributed by atoms with Crippen LogP contribution in [0.2, 0.25) is 0 Å². The number of hydrogen-bond donors (Lipinski definition) is 5. The predicted octanol–water partition coefficient (Wildman–Crippen LogP) is -1.56. The van der Waals surface area contributed by atoms with E-state index in [1.54, 1.807) is 13.8 Å². The molecule has 1 fully saturated rings. The highest BCUT2D eigenvalue weighted by atomic mass is 32.2.